The van der Waals surface area contributed by atoms with Crippen molar-refractivity contribution in [2.45, 2.75) is 25.9 Å². The number of piperazine rings is 2. The number of carbonyl (C=O) groups excluding carboxylic acids is 2. The van der Waals surface area contributed by atoms with Crippen LogP contribution in [0.2, 0.25) is 0 Å². The number of esters is 2. The van der Waals surface area contributed by atoms with E-state index in [-0.39, 0.29) is 30.5 Å². The van der Waals surface area contributed by atoms with Crippen molar-refractivity contribution in [3.63, 3.8) is 0 Å². The van der Waals surface area contributed by atoms with E-state index < -0.39 is 32.0 Å². The largest absolute Gasteiger partial charge is 0.465 e. The van der Waals surface area contributed by atoms with E-state index >= 15 is 0 Å². The van der Waals surface area contributed by atoms with Crippen LogP contribution < -0.4 is 13.9 Å². The van der Waals surface area contributed by atoms with Crippen molar-refractivity contribution in [1.82, 2.24) is 20.0 Å². The summed E-state index contributed by atoms with van der Waals surface area (Å²) in [6.07, 6.45) is 0.977. The Labute approximate surface area is 379 Å². The summed E-state index contributed by atoms with van der Waals surface area (Å²) in [5.74, 6) is -0.486. The van der Waals surface area contributed by atoms with Crippen LogP contribution in [0.15, 0.2) is 109 Å². The smallest absolute Gasteiger partial charge is 0.337 e. The number of alkyl halides is 1. The van der Waals surface area contributed by atoms with Gasteiger partial charge in [-0.1, -0.05) is 60.7 Å². The number of benzene rings is 4. The molecule has 2 saturated heterocycles. The normalized spacial score (nSPS) is 14.9. The summed E-state index contributed by atoms with van der Waals surface area (Å²) in [5, 5.41) is 3.27. The van der Waals surface area contributed by atoms with E-state index in [0.717, 1.165) is 56.9 Å². The predicted molar refractivity (Wildman–Crippen MR) is 253 cm³/mol. The molecule has 17 heteroatoms. The van der Waals surface area contributed by atoms with E-state index in [2.05, 4.69) is 38.8 Å². The molecule has 2 aliphatic heterocycles. The first-order valence-electron chi connectivity index (χ1n) is 21.1. The number of anilines is 2. The first-order chi connectivity index (χ1) is 30.3. The van der Waals surface area contributed by atoms with Gasteiger partial charge in [0.1, 0.15) is 0 Å². The van der Waals surface area contributed by atoms with Gasteiger partial charge in [0.25, 0.3) is 0 Å². The molecule has 1 N–H and O–H groups in total. The van der Waals surface area contributed by atoms with Crippen LogP contribution in [0.1, 0.15) is 44.7 Å². The number of methoxy groups -OCH3 is 2. The maximum atomic E-state index is 13.3. The summed E-state index contributed by atoms with van der Waals surface area (Å²) in [7, 11) is -0.108. The van der Waals surface area contributed by atoms with Gasteiger partial charge in [0, 0.05) is 58.2 Å². The van der Waals surface area contributed by atoms with Crippen molar-refractivity contribution in [2.24, 2.45) is 0 Å². The number of rotatable bonds is 17. The standard InChI is InChI=1S/C23H31N3O4S.C18H20ClNO4S.C5H12N2/c1-24-14-16-25(17-15-24)13-6-18-31(28,29)26(22-7-4-3-5-8-22)19-20-9-11-21(12-10-20)23(27)30-2;1-24-18(21)16-10-8-15(9-11-16)14-20(17-6-3-2-4-7-17)25(22,23)13-5-12-19;1-7-4-2-6-3-5-7/h3-5,7-12H,6,13-19H2,1-2H3;2-4,6-11H,5,12-14H2,1H3;6H,2-5H2,1H3. The van der Waals surface area contributed by atoms with E-state index in [9.17, 15) is 26.4 Å². The molecule has 63 heavy (non-hydrogen) atoms. The molecule has 4 aromatic carbocycles. The molecule has 4 aromatic rings. The van der Waals surface area contributed by atoms with Gasteiger partial charge in [0.05, 0.1) is 61.3 Å². The Morgan fingerprint density at radius 2 is 0.984 bits per heavy atom. The van der Waals surface area contributed by atoms with Gasteiger partial charge in [-0.3, -0.25) is 8.61 Å². The summed E-state index contributed by atoms with van der Waals surface area (Å²) in [6.45, 7) is 9.90. The fraction of sp³-hybridized carbons (Fsp3) is 0.435. The Morgan fingerprint density at radius 3 is 1.35 bits per heavy atom. The minimum Gasteiger partial charge on any atom is -0.465 e. The maximum Gasteiger partial charge on any atom is 0.337 e. The fourth-order valence-electron chi connectivity index (χ4n) is 6.72. The number of ether oxygens (including phenoxy) is 2. The molecule has 2 heterocycles. The molecule has 14 nitrogen and oxygen atoms in total. The highest BCUT2D eigenvalue weighted by molar-refractivity contribution is 7.93. The molecule has 0 saturated carbocycles. The highest BCUT2D eigenvalue weighted by atomic mass is 35.5. The minimum atomic E-state index is -3.51. The van der Waals surface area contributed by atoms with Gasteiger partial charge in [-0.05, 0) is 93.1 Å². The van der Waals surface area contributed by atoms with Crippen molar-refractivity contribution in [3.8, 4) is 0 Å². The van der Waals surface area contributed by atoms with Crippen molar-refractivity contribution in [1.29, 1.82) is 0 Å². The molecule has 2 fully saturated rings. The van der Waals surface area contributed by atoms with Gasteiger partial charge >= 0.3 is 11.9 Å². The molecular weight excluding hydrogens is 864 g/mol. The van der Waals surface area contributed by atoms with E-state index in [0.29, 0.717) is 35.3 Å². The number of sulfonamides is 2. The summed E-state index contributed by atoms with van der Waals surface area (Å²) in [6, 6.07) is 31.6. The Hall–Kier alpha value is -4.55. The Kier molecular flexibility index (Phi) is 21.3. The molecule has 0 aromatic heterocycles. The molecule has 0 radical (unpaired) electrons. The second-order valence-electron chi connectivity index (χ2n) is 15.3. The first-order valence-corrected chi connectivity index (χ1v) is 24.8. The van der Waals surface area contributed by atoms with Crippen LogP contribution in [0, 0.1) is 0 Å². The van der Waals surface area contributed by atoms with Crippen LogP contribution in [0.4, 0.5) is 11.4 Å². The molecule has 6 rings (SSSR count). The third-order valence-electron chi connectivity index (χ3n) is 10.5. The van der Waals surface area contributed by atoms with Gasteiger partial charge in [0.2, 0.25) is 20.0 Å². The number of carbonyl (C=O) groups is 2. The summed E-state index contributed by atoms with van der Waals surface area (Å²) in [4.78, 5) is 30.1. The molecule has 0 spiro atoms. The van der Waals surface area contributed by atoms with E-state index in [1.807, 2.05) is 24.3 Å². The fourth-order valence-corrected chi connectivity index (χ4v) is 10.0. The van der Waals surface area contributed by atoms with Crippen LogP contribution in [0.3, 0.4) is 0 Å². The highest BCUT2D eigenvalue weighted by Gasteiger charge is 2.25. The van der Waals surface area contributed by atoms with Crippen molar-refractivity contribution in [2.75, 3.05) is 113 Å². The Balaban J connectivity index is 0.000000243. The Bertz CT molecular complexity index is 2170. The second-order valence-corrected chi connectivity index (χ2v) is 19.7. The molecule has 0 aliphatic carbocycles. The number of nitrogens with one attached hydrogen (secondary N) is 1. The number of hydrogen-bond donors (Lipinski definition) is 1. The van der Waals surface area contributed by atoms with Crippen LogP contribution in [0.25, 0.3) is 0 Å². The molecular formula is C46H63ClN6O8S2. The van der Waals surface area contributed by atoms with Crippen molar-refractivity contribution in [3.05, 3.63) is 131 Å². The van der Waals surface area contributed by atoms with Gasteiger partial charge in [-0.15, -0.1) is 11.6 Å². The van der Waals surface area contributed by atoms with Gasteiger partial charge in [0.15, 0.2) is 0 Å². The maximum absolute atomic E-state index is 13.3. The molecule has 2 aliphatic rings. The monoisotopic (exact) mass is 926 g/mol. The Morgan fingerprint density at radius 1 is 0.587 bits per heavy atom. The predicted octanol–water partition coefficient (Wildman–Crippen LogP) is 5.41. The SMILES string of the molecule is CN1CCNCC1.COC(=O)c1ccc(CN(c2ccccc2)S(=O)(=O)CCCCl)cc1.COC(=O)c1ccc(CN(c2ccccc2)S(=O)(=O)CCCN2CCN(C)CC2)cc1. The van der Waals surface area contributed by atoms with Crippen LogP contribution in [0.5, 0.6) is 0 Å². The lowest BCUT2D eigenvalue weighted by Crippen LogP contribution is -2.45. The minimum absolute atomic E-state index is 0.0222. The van der Waals surface area contributed by atoms with E-state index in [1.54, 1.807) is 84.9 Å². The average molecular weight is 928 g/mol. The summed E-state index contributed by atoms with van der Waals surface area (Å²) >= 11 is 5.65. The lowest BCUT2D eigenvalue weighted by atomic mass is 10.1. The lowest BCUT2D eigenvalue weighted by molar-refractivity contribution is 0.0592. The van der Waals surface area contributed by atoms with Crippen LogP contribution >= 0.6 is 11.6 Å². The van der Waals surface area contributed by atoms with Crippen LogP contribution in [-0.2, 0) is 42.6 Å². The number of likely N-dealkylation sites (N-methyl/N-ethyl adjacent to an activating group) is 2. The lowest BCUT2D eigenvalue weighted by Gasteiger charge is -2.32. The molecule has 344 valence electrons. The zero-order chi connectivity index (χ0) is 45.7. The topological polar surface area (TPSA) is 149 Å². The van der Waals surface area contributed by atoms with E-state index in [1.165, 1.54) is 35.9 Å². The van der Waals surface area contributed by atoms with Crippen molar-refractivity contribution >= 4 is 55.0 Å². The van der Waals surface area contributed by atoms with Gasteiger partial charge < -0.3 is 29.5 Å². The second kappa shape index (κ2) is 26.3. The summed E-state index contributed by atoms with van der Waals surface area (Å²) < 4.78 is 64.2. The highest BCUT2D eigenvalue weighted by Crippen LogP contribution is 2.24. The van der Waals surface area contributed by atoms with Crippen molar-refractivity contribution < 1.29 is 35.9 Å². The zero-order valence-electron chi connectivity index (χ0n) is 36.9. The number of hydrogen-bond acceptors (Lipinski definition) is 12. The third kappa shape index (κ3) is 17.2. The quantitative estimate of drug-likeness (QED) is 0.107. The van der Waals surface area contributed by atoms with Gasteiger partial charge in [-0.2, -0.15) is 0 Å². The zero-order valence-corrected chi connectivity index (χ0v) is 39.3. The summed E-state index contributed by atoms with van der Waals surface area (Å²) in [5.41, 5.74) is 3.66. The number of nitrogens with zero attached hydrogens (tertiary/aromatic N) is 5. The molecule has 0 unspecified atom stereocenters. The first kappa shape index (κ1) is 51.1. The average Bonchev–Trinajstić information content (AvgIpc) is 3.31. The third-order valence-corrected chi connectivity index (χ3v) is 14.4. The van der Waals surface area contributed by atoms with E-state index in [4.69, 9.17) is 16.3 Å². The molecule has 0 amide bonds. The number of para-hydroxylation sites is 2. The van der Waals surface area contributed by atoms with Gasteiger partial charge in [-0.25, -0.2) is 26.4 Å². The molecule has 0 bridgehead atoms. The molecule has 0 atom stereocenters. The number of halogens is 1. The van der Waals surface area contributed by atoms with Crippen LogP contribution in [-0.4, -0.2) is 148 Å².